The highest BCUT2D eigenvalue weighted by Gasteiger charge is 2.10. The molecule has 0 aliphatic carbocycles. The van der Waals surface area contributed by atoms with E-state index in [9.17, 15) is 4.79 Å². The van der Waals surface area contributed by atoms with Crippen LogP contribution < -0.4 is 0 Å². The van der Waals surface area contributed by atoms with Crippen LogP contribution in [0.3, 0.4) is 0 Å². The largest absolute Gasteiger partial charge is 0.287 e. The summed E-state index contributed by atoms with van der Waals surface area (Å²) in [6.45, 7) is 1.94. The molecule has 2 aromatic heterocycles. The van der Waals surface area contributed by atoms with Gasteiger partial charge in [0.2, 0.25) is 5.78 Å². The van der Waals surface area contributed by atoms with Crippen molar-refractivity contribution in [2.45, 2.75) is 6.92 Å². The first-order valence-electron chi connectivity index (χ1n) is 5.92. The molecule has 3 rings (SSSR count). The molecule has 0 saturated carbocycles. The molecule has 0 saturated heterocycles. The molecule has 4 nitrogen and oxygen atoms in total. The predicted molar refractivity (Wildman–Crippen MR) is 71.9 cm³/mol. The average molecular weight is 249 g/mol. The Kier molecular flexibility index (Phi) is 2.76. The van der Waals surface area contributed by atoms with E-state index in [1.54, 1.807) is 18.3 Å². The van der Waals surface area contributed by atoms with E-state index in [0.717, 1.165) is 16.6 Å². The number of pyridine rings is 1. The molecule has 4 heteroatoms. The zero-order chi connectivity index (χ0) is 13.2. The van der Waals surface area contributed by atoms with Gasteiger partial charge in [0.25, 0.3) is 0 Å². The summed E-state index contributed by atoms with van der Waals surface area (Å²) in [5.41, 5.74) is 2.85. The van der Waals surface area contributed by atoms with E-state index >= 15 is 0 Å². The van der Waals surface area contributed by atoms with Gasteiger partial charge in [0.1, 0.15) is 12.0 Å². The van der Waals surface area contributed by atoms with Crippen LogP contribution in [0, 0.1) is 6.92 Å². The van der Waals surface area contributed by atoms with E-state index in [2.05, 4.69) is 15.0 Å². The van der Waals surface area contributed by atoms with E-state index in [1.807, 2.05) is 31.2 Å². The van der Waals surface area contributed by atoms with E-state index in [1.165, 1.54) is 6.33 Å². The van der Waals surface area contributed by atoms with E-state index < -0.39 is 0 Å². The van der Waals surface area contributed by atoms with Crippen molar-refractivity contribution < 1.29 is 4.79 Å². The molecule has 0 unspecified atom stereocenters. The van der Waals surface area contributed by atoms with E-state index in [0.29, 0.717) is 11.3 Å². The van der Waals surface area contributed by atoms with Crippen LogP contribution in [-0.2, 0) is 0 Å². The molecule has 0 radical (unpaired) electrons. The Hall–Kier alpha value is -2.62. The Morgan fingerprint density at radius 1 is 1.11 bits per heavy atom. The topological polar surface area (TPSA) is 55.7 Å². The zero-order valence-corrected chi connectivity index (χ0v) is 10.4. The summed E-state index contributed by atoms with van der Waals surface area (Å²) < 4.78 is 0. The molecule has 0 bridgehead atoms. The molecule has 3 aromatic rings. The molecule has 0 amide bonds. The third-order valence-corrected chi connectivity index (χ3v) is 2.91. The maximum atomic E-state index is 12.2. The quantitative estimate of drug-likeness (QED) is 0.655. The lowest BCUT2D eigenvalue weighted by Crippen LogP contribution is -2.04. The first-order chi connectivity index (χ1) is 9.24. The number of benzene rings is 1. The van der Waals surface area contributed by atoms with Gasteiger partial charge in [0.05, 0.1) is 5.52 Å². The Labute approximate surface area is 110 Å². The van der Waals surface area contributed by atoms with Gasteiger partial charge < -0.3 is 0 Å². The summed E-state index contributed by atoms with van der Waals surface area (Å²) in [6.07, 6.45) is 2.94. The minimum absolute atomic E-state index is 0.107. The lowest BCUT2D eigenvalue weighted by atomic mass is 10.0. The lowest BCUT2D eigenvalue weighted by Gasteiger charge is -2.03. The highest BCUT2D eigenvalue weighted by Crippen LogP contribution is 2.16. The third-order valence-electron chi connectivity index (χ3n) is 2.91. The summed E-state index contributed by atoms with van der Waals surface area (Å²) in [6, 6.07) is 11.0. The number of fused-ring (bicyclic) bond motifs is 1. The van der Waals surface area contributed by atoms with Crippen LogP contribution in [0.15, 0.2) is 48.9 Å². The summed E-state index contributed by atoms with van der Waals surface area (Å²) in [5.74, 6) is -0.107. The second-order valence-corrected chi connectivity index (χ2v) is 4.28. The third kappa shape index (κ3) is 2.20. The molecule has 1 aromatic carbocycles. The van der Waals surface area contributed by atoms with Crippen LogP contribution in [0.1, 0.15) is 21.7 Å². The molecule has 0 aliphatic rings. The number of carbonyl (C=O) groups excluding carboxylic acids is 1. The molecule has 19 heavy (non-hydrogen) atoms. The maximum absolute atomic E-state index is 12.2. The van der Waals surface area contributed by atoms with Gasteiger partial charge in [-0.1, -0.05) is 6.07 Å². The molecule has 2 heterocycles. The molecular formula is C15H11N3O. The fourth-order valence-corrected chi connectivity index (χ4v) is 1.94. The van der Waals surface area contributed by atoms with Crippen molar-refractivity contribution >= 4 is 16.7 Å². The molecule has 92 valence electrons. The fourth-order valence-electron chi connectivity index (χ4n) is 1.94. The number of rotatable bonds is 2. The van der Waals surface area contributed by atoms with Gasteiger partial charge in [-0.05, 0) is 37.3 Å². The standard InChI is InChI=1S/C15H11N3O/c1-10-2-3-11-8-12(4-5-13(11)18-10)15(19)14-6-7-16-9-17-14/h2-9H,1H3. The van der Waals surface area contributed by atoms with Crippen molar-refractivity contribution in [2.24, 2.45) is 0 Å². The second kappa shape index (κ2) is 4.57. The van der Waals surface area contributed by atoms with Crippen molar-refractivity contribution in [2.75, 3.05) is 0 Å². The molecular weight excluding hydrogens is 238 g/mol. The van der Waals surface area contributed by atoms with Gasteiger partial charge in [-0.25, -0.2) is 9.97 Å². The highest BCUT2D eigenvalue weighted by molar-refractivity contribution is 6.09. The van der Waals surface area contributed by atoms with E-state index in [4.69, 9.17) is 0 Å². The van der Waals surface area contributed by atoms with Gasteiger partial charge in [0.15, 0.2) is 0 Å². The summed E-state index contributed by atoms with van der Waals surface area (Å²) >= 11 is 0. The number of ketones is 1. The number of carbonyl (C=O) groups is 1. The molecule has 0 spiro atoms. The fraction of sp³-hybridized carbons (Fsp3) is 0.0667. The number of nitrogens with zero attached hydrogens (tertiary/aromatic N) is 3. The van der Waals surface area contributed by atoms with Crippen molar-refractivity contribution in [3.63, 3.8) is 0 Å². The van der Waals surface area contributed by atoms with Gasteiger partial charge in [-0.3, -0.25) is 9.78 Å². The summed E-state index contributed by atoms with van der Waals surface area (Å²) in [5, 5.41) is 0.950. The summed E-state index contributed by atoms with van der Waals surface area (Å²) in [4.78, 5) is 24.4. The monoisotopic (exact) mass is 249 g/mol. The van der Waals surface area contributed by atoms with Crippen molar-refractivity contribution in [1.82, 2.24) is 15.0 Å². The van der Waals surface area contributed by atoms with Crippen molar-refractivity contribution in [3.05, 3.63) is 65.9 Å². The number of hydrogen-bond acceptors (Lipinski definition) is 4. The Bertz CT molecular complexity index is 754. The smallest absolute Gasteiger partial charge is 0.211 e. The SMILES string of the molecule is Cc1ccc2cc(C(=O)c3ccncn3)ccc2n1. The molecule has 0 atom stereocenters. The first kappa shape index (κ1) is 11.5. The first-order valence-corrected chi connectivity index (χ1v) is 5.92. The number of aryl methyl sites for hydroxylation is 1. The number of hydrogen-bond donors (Lipinski definition) is 0. The minimum atomic E-state index is -0.107. The minimum Gasteiger partial charge on any atom is -0.287 e. The van der Waals surface area contributed by atoms with Crippen LogP contribution >= 0.6 is 0 Å². The zero-order valence-electron chi connectivity index (χ0n) is 10.4. The second-order valence-electron chi connectivity index (χ2n) is 4.28. The van der Waals surface area contributed by atoms with Gasteiger partial charge in [0, 0.05) is 22.8 Å². The number of aromatic nitrogens is 3. The Morgan fingerprint density at radius 2 is 2.00 bits per heavy atom. The molecule has 0 fully saturated rings. The Balaban J connectivity index is 2.07. The lowest BCUT2D eigenvalue weighted by molar-refractivity contribution is 0.103. The van der Waals surface area contributed by atoms with Gasteiger partial charge >= 0.3 is 0 Å². The van der Waals surface area contributed by atoms with Crippen LogP contribution in [0.25, 0.3) is 10.9 Å². The van der Waals surface area contributed by atoms with Crippen LogP contribution in [0.5, 0.6) is 0 Å². The maximum Gasteiger partial charge on any atom is 0.211 e. The normalized spacial score (nSPS) is 10.6. The van der Waals surface area contributed by atoms with E-state index in [-0.39, 0.29) is 5.78 Å². The molecule has 0 aliphatic heterocycles. The van der Waals surface area contributed by atoms with Gasteiger partial charge in [-0.2, -0.15) is 0 Å². The van der Waals surface area contributed by atoms with Crippen molar-refractivity contribution in [3.8, 4) is 0 Å². The van der Waals surface area contributed by atoms with Gasteiger partial charge in [-0.15, -0.1) is 0 Å². The summed E-state index contributed by atoms with van der Waals surface area (Å²) in [7, 11) is 0. The molecule has 0 N–H and O–H groups in total. The predicted octanol–water partition coefficient (Wildman–Crippen LogP) is 2.56. The van der Waals surface area contributed by atoms with Crippen LogP contribution in [0.4, 0.5) is 0 Å². The average Bonchev–Trinajstić information content (AvgIpc) is 2.47. The van der Waals surface area contributed by atoms with Crippen LogP contribution in [0.2, 0.25) is 0 Å². The Morgan fingerprint density at radius 3 is 2.79 bits per heavy atom. The van der Waals surface area contributed by atoms with Crippen LogP contribution in [-0.4, -0.2) is 20.7 Å². The van der Waals surface area contributed by atoms with Crippen molar-refractivity contribution in [1.29, 1.82) is 0 Å². The highest BCUT2D eigenvalue weighted by atomic mass is 16.1.